The first kappa shape index (κ1) is 12.1. The highest BCUT2D eigenvalue weighted by molar-refractivity contribution is 6.08. The lowest BCUT2D eigenvalue weighted by Gasteiger charge is -2.19. The van der Waals surface area contributed by atoms with Crippen LogP contribution in [0.3, 0.4) is 0 Å². The number of aromatic amines is 1. The van der Waals surface area contributed by atoms with Gasteiger partial charge in [0.2, 0.25) is 0 Å². The summed E-state index contributed by atoms with van der Waals surface area (Å²) in [5.74, 6) is -1.05. The first-order chi connectivity index (χ1) is 10.2. The normalized spacial score (nSPS) is 18.7. The van der Waals surface area contributed by atoms with Crippen molar-refractivity contribution in [1.29, 1.82) is 0 Å². The molecule has 0 amide bonds. The number of carbonyl (C=O) groups is 1. The van der Waals surface area contributed by atoms with Gasteiger partial charge in [-0.2, -0.15) is 0 Å². The summed E-state index contributed by atoms with van der Waals surface area (Å²) >= 11 is 0. The number of H-pyrrole nitrogens is 1. The average molecular weight is 283 g/mol. The van der Waals surface area contributed by atoms with Gasteiger partial charge in [0.05, 0.1) is 17.0 Å². The Morgan fingerprint density at radius 3 is 3.10 bits per heavy atom. The molecule has 106 valence electrons. The molecule has 1 saturated heterocycles. The zero-order valence-electron chi connectivity index (χ0n) is 11.2. The zero-order chi connectivity index (χ0) is 14.4. The van der Waals surface area contributed by atoms with E-state index < -0.39 is 5.97 Å². The molecule has 21 heavy (non-hydrogen) atoms. The van der Waals surface area contributed by atoms with E-state index in [1.54, 1.807) is 6.20 Å². The van der Waals surface area contributed by atoms with Gasteiger partial charge in [-0.3, -0.25) is 4.79 Å². The van der Waals surface area contributed by atoms with Crippen molar-refractivity contribution >= 4 is 33.7 Å². The number of fused-ring (bicyclic) bond motifs is 3. The number of rotatable bonds is 2. The van der Waals surface area contributed by atoms with Crippen LogP contribution in [0.2, 0.25) is 0 Å². The number of aliphatic carboxylic acids is 1. The number of hydrogen-bond acceptors (Lipinski definition) is 5. The minimum absolute atomic E-state index is 0.315. The maximum Gasteiger partial charge on any atom is 0.308 e. The van der Waals surface area contributed by atoms with Crippen LogP contribution in [0.5, 0.6) is 0 Å². The van der Waals surface area contributed by atoms with E-state index in [1.165, 1.54) is 0 Å². The van der Waals surface area contributed by atoms with Crippen LogP contribution in [0, 0.1) is 5.92 Å². The van der Waals surface area contributed by atoms with E-state index >= 15 is 0 Å². The van der Waals surface area contributed by atoms with E-state index in [2.05, 4.69) is 25.1 Å². The van der Waals surface area contributed by atoms with Crippen molar-refractivity contribution in [2.24, 2.45) is 5.92 Å². The lowest BCUT2D eigenvalue weighted by atomic mass is 10.1. The first-order valence-corrected chi connectivity index (χ1v) is 6.80. The van der Waals surface area contributed by atoms with Gasteiger partial charge < -0.3 is 15.0 Å². The van der Waals surface area contributed by atoms with Crippen molar-refractivity contribution in [1.82, 2.24) is 20.2 Å². The molecular formula is C14H13N5O2. The Bertz CT molecular complexity index is 844. The molecule has 7 nitrogen and oxygen atoms in total. The van der Waals surface area contributed by atoms with Gasteiger partial charge in [-0.15, -0.1) is 10.2 Å². The summed E-state index contributed by atoms with van der Waals surface area (Å²) in [5.41, 5.74) is 2.27. The van der Waals surface area contributed by atoms with Crippen LogP contribution in [0.1, 0.15) is 6.42 Å². The van der Waals surface area contributed by atoms with E-state index in [1.807, 2.05) is 18.3 Å². The Morgan fingerprint density at radius 2 is 2.29 bits per heavy atom. The minimum atomic E-state index is -0.734. The first-order valence-electron chi connectivity index (χ1n) is 6.80. The van der Waals surface area contributed by atoms with Gasteiger partial charge in [0.25, 0.3) is 0 Å². The van der Waals surface area contributed by atoms with E-state index in [9.17, 15) is 4.79 Å². The molecule has 1 fully saturated rings. The third-order valence-corrected chi connectivity index (χ3v) is 4.03. The van der Waals surface area contributed by atoms with E-state index in [-0.39, 0.29) is 5.92 Å². The van der Waals surface area contributed by atoms with Crippen LogP contribution in [0.25, 0.3) is 22.1 Å². The molecule has 4 heterocycles. The highest BCUT2D eigenvalue weighted by atomic mass is 16.4. The minimum Gasteiger partial charge on any atom is -0.481 e. The number of nitrogens with one attached hydrogen (secondary N) is 1. The predicted octanol–water partition coefficient (Wildman–Crippen LogP) is 1.42. The maximum atomic E-state index is 11.1. The lowest BCUT2D eigenvalue weighted by Crippen LogP contribution is -2.23. The molecule has 0 aliphatic carbocycles. The second kappa shape index (κ2) is 4.41. The van der Waals surface area contributed by atoms with Gasteiger partial charge in [0.1, 0.15) is 0 Å². The molecule has 1 atom stereocenters. The fourth-order valence-electron chi connectivity index (χ4n) is 2.96. The second-order valence-electron chi connectivity index (χ2n) is 5.24. The molecule has 3 aromatic heterocycles. The Kier molecular flexibility index (Phi) is 2.53. The monoisotopic (exact) mass is 283 g/mol. The van der Waals surface area contributed by atoms with Crippen LogP contribution >= 0.6 is 0 Å². The second-order valence-corrected chi connectivity index (χ2v) is 5.24. The van der Waals surface area contributed by atoms with Gasteiger partial charge >= 0.3 is 5.97 Å². The summed E-state index contributed by atoms with van der Waals surface area (Å²) in [5, 5.41) is 19.3. The molecule has 1 unspecified atom stereocenters. The molecule has 0 spiro atoms. The number of pyridine rings is 1. The molecule has 3 aromatic rings. The van der Waals surface area contributed by atoms with Crippen molar-refractivity contribution in [3.05, 3.63) is 24.5 Å². The smallest absolute Gasteiger partial charge is 0.308 e. The summed E-state index contributed by atoms with van der Waals surface area (Å²) in [7, 11) is 0. The molecule has 0 bridgehead atoms. The van der Waals surface area contributed by atoms with Crippen LogP contribution < -0.4 is 4.90 Å². The topological polar surface area (TPSA) is 95.0 Å². The molecule has 4 rings (SSSR count). The van der Waals surface area contributed by atoms with Crippen molar-refractivity contribution < 1.29 is 9.90 Å². The highest BCUT2D eigenvalue weighted by Crippen LogP contribution is 2.33. The number of carboxylic acid groups (broad SMARTS) is 1. The average Bonchev–Trinajstić information content (AvgIpc) is 3.15. The molecule has 7 heteroatoms. The largest absolute Gasteiger partial charge is 0.481 e. The molecule has 0 radical (unpaired) electrons. The number of hydrogen-bond donors (Lipinski definition) is 2. The molecule has 1 aliphatic rings. The summed E-state index contributed by atoms with van der Waals surface area (Å²) < 4.78 is 0. The summed E-state index contributed by atoms with van der Waals surface area (Å²) in [4.78, 5) is 20.6. The summed E-state index contributed by atoms with van der Waals surface area (Å²) in [6.07, 6.45) is 4.17. The quantitative estimate of drug-likeness (QED) is 0.738. The lowest BCUT2D eigenvalue weighted by molar-refractivity contribution is -0.140. The number of nitrogens with zero attached hydrogens (tertiary/aromatic N) is 4. The van der Waals surface area contributed by atoms with Crippen LogP contribution in [0.4, 0.5) is 5.69 Å². The van der Waals surface area contributed by atoms with Crippen molar-refractivity contribution in [2.45, 2.75) is 6.42 Å². The Morgan fingerprint density at radius 1 is 1.38 bits per heavy atom. The van der Waals surface area contributed by atoms with Gasteiger partial charge in [-0.25, -0.2) is 4.98 Å². The van der Waals surface area contributed by atoms with Crippen molar-refractivity contribution in [2.75, 3.05) is 18.0 Å². The maximum absolute atomic E-state index is 11.1. The highest BCUT2D eigenvalue weighted by Gasteiger charge is 2.29. The zero-order valence-corrected chi connectivity index (χ0v) is 11.2. The number of carboxylic acids is 1. The molecule has 0 aromatic carbocycles. The van der Waals surface area contributed by atoms with Gasteiger partial charge in [-0.05, 0) is 18.6 Å². The standard InChI is InChI=1S/C14H13N5O2/c20-14(21)8-3-6-19(7-8)10-2-5-16-13-11(10)9-1-4-15-12(9)17-18-13/h1-2,4-5,8H,3,6-7H2,(H,15,17)(H,20,21). The van der Waals surface area contributed by atoms with Gasteiger partial charge in [-0.1, -0.05) is 0 Å². The molecule has 0 saturated carbocycles. The summed E-state index contributed by atoms with van der Waals surface area (Å²) in [6, 6.07) is 3.86. The Labute approximate surface area is 119 Å². The van der Waals surface area contributed by atoms with Gasteiger partial charge in [0, 0.05) is 30.9 Å². The van der Waals surface area contributed by atoms with Crippen LogP contribution in [0.15, 0.2) is 24.5 Å². The third kappa shape index (κ3) is 1.81. The number of anilines is 1. The predicted molar refractivity (Wildman–Crippen MR) is 77.1 cm³/mol. The molecule has 1 aliphatic heterocycles. The van der Waals surface area contributed by atoms with Crippen LogP contribution in [-0.4, -0.2) is 44.3 Å². The fraction of sp³-hybridized carbons (Fsp3) is 0.286. The molecule has 2 N–H and O–H groups in total. The number of aromatic nitrogens is 4. The Hall–Kier alpha value is -2.70. The molecular weight excluding hydrogens is 270 g/mol. The third-order valence-electron chi connectivity index (χ3n) is 4.03. The fourth-order valence-corrected chi connectivity index (χ4v) is 2.96. The van der Waals surface area contributed by atoms with E-state index in [4.69, 9.17) is 5.11 Å². The van der Waals surface area contributed by atoms with E-state index in [0.29, 0.717) is 24.3 Å². The van der Waals surface area contributed by atoms with Crippen molar-refractivity contribution in [3.8, 4) is 0 Å². The van der Waals surface area contributed by atoms with Crippen molar-refractivity contribution in [3.63, 3.8) is 0 Å². The Balaban J connectivity index is 1.89. The summed E-state index contributed by atoms with van der Waals surface area (Å²) in [6.45, 7) is 1.24. The SMILES string of the molecule is O=C(O)C1CCN(c2ccnc3nnc4[nH]ccc4c23)C1. The van der Waals surface area contributed by atoms with Crippen LogP contribution in [-0.2, 0) is 4.79 Å². The van der Waals surface area contributed by atoms with Gasteiger partial charge in [0.15, 0.2) is 11.3 Å². The van der Waals surface area contributed by atoms with E-state index in [0.717, 1.165) is 23.0 Å².